The Morgan fingerprint density at radius 3 is 2.87 bits per heavy atom. The molecule has 8 nitrogen and oxygen atoms in total. The van der Waals surface area contributed by atoms with E-state index in [1.807, 2.05) is 4.68 Å². The number of aromatic nitrogens is 4. The second-order valence-electron chi connectivity index (χ2n) is 8.47. The van der Waals surface area contributed by atoms with Crippen LogP contribution in [0.25, 0.3) is 11.0 Å². The van der Waals surface area contributed by atoms with Gasteiger partial charge in [0.05, 0.1) is 36.5 Å². The Balaban J connectivity index is 0.00000231. The Bertz CT molecular complexity index is 1070. The summed E-state index contributed by atoms with van der Waals surface area (Å²) in [6.45, 7) is 1.98. The number of anilines is 2. The highest BCUT2D eigenvalue weighted by molar-refractivity contribution is 5.85. The van der Waals surface area contributed by atoms with Crippen molar-refractivity contribution in [2.75, 3.05) is 26.0 Å². The minimum Gasteiger partial charge on any atom is -0.495 e. The summed E-state index contributed by atoms with van der Waals surface area (Å²) in [5.41, 5.74) is 4.29. The molecule has 2 atom stereocenters. The smallest absolute Gasteiger partial charge is 0.229 e. The molecule has 3 heterocycles. The Morgan fingerprint density at radius 1 is 1.19 bits per heavy atom. The highest BCUT2D eigenvalue weighted by Gasteiger charge is 2.24. The quantitative estimate of drug-likeness (QED) is 0.637. The van der Waals surface area contributed by atoms with E-state index in [0.29, 0.717) is 5.95 Å². The van der Waals surface area contributed by atoms with Gasteiger partial charge in [-0.1, -0.05) is 0 Å². The van der Waals surface area contributed by atoms with Crippen molar-refractivity contribution < 1.29 is 9.84 Å². The summed E-state index contributed by atoms with van der Waals surface area (Å²) in [6, 6.07) is 4.44. The number of benzene rings is 1. The number of aliphatic hydroxyl groups excluding tert-OH is 1. The van der Waals surface area contributed by atoms with E-state index in [4.69, 9.17) is 9.72 Å². The van der Waals surface area contributed by atoms with Crippen LogP contribution in [0.4, 0.5) is 11.6 Å². The number of hydrogen-bond acceptors (Lipinski definition) is 7. The molecule has 31 heavy (non-hydrogen) atoms. The van der Waals surface area contributed by atoms with Crippen molar-refractivity contribution in [2.45, 2.75) is 50.8 Å². The number of halogens is 1. The lowest BCUT2D eigenvalue weighted by atomic mass is 9.93. The van der Waals surface area contributed by atoms with Crippen LogP contribution >= 0.6 is 12.4 Å². The number of ether oxygens (including phenoxy) is 1. The van der Waals surface area contributed by atoms with E-state index >= 15 is 0 Å². The van der Waals surface area contributed by atoms with Crippen LogP contribution in [0, 0.1) is 0 Å². The zero-order chi connectivity index (χ0) is 20.7. The molecule has 2 aliphatic rings. The maximum Gasteiger partial charge on any atom is 0.229 e. The average molecular weight is 445 g/mol. The molecule has 166 valence electrons. The van der Waals surface area contributed by atoms with E-state index in [1.165, 1.54) is 11.1 Å². The van der Waals surface area contributed by atoms with Crippen LogP contribution in [0.3, 0.4) is 0 Å². The Morgan fingerprint density at radius 2 is 2.06 bits per heavy atom. The molecule has 0 bridgehead atoms. The summed E-state index contributed by atoms with van der Waals surface area (Å²) in [5, 5.41) is 18.9. The van der Waals surface area contributed by atoms with Gasteiger partial charge in [-0.3, -0.25) is 0 Å². The summed E-state index contributed by atoms with van der Waals surface area (Å²) < 4.78 is 7.58. The van der Waals surface area contributed by atoms with Crippen LogP contribution < -0.4 is 10.1 Å². The number of nitrogens with zero attached hydrogens (tertiary/aromatic N) is 5. The standard InChI is InChI=1S/C22H28N6O2.ClH/c1-27-7-6-14-9-20(30-2)19(8-15(14)13-27)25-22-23-11-16-12-24-28(21(16)26-22)17-4-3-5-18(29)10-17;/h8-9,11-12,17-18,29H,3-7,10,13H2,1-2H3,(H,23,25,26);1H. The van der Waals surface area contributed by atoms with E-state index in [0.717, 1.165) is 67.7 Å². The minimum absolute atomic E-state index is 0. The van der Waals surface area contributed by atoms with Crippen LogP contribution in [-0.4, -0.2) is 56.6 Å². The molecule has 0 saturated heterocycles. The van der Waals surface area contributed by atoms with Gasteiger partial charge in [0.15, 0.2) is 5.65 Å². The molecule has 1 fully saturated rings. The first-order chi connectivity index (χ1) is 14.6. The fourth-order valence-electron chi connectivity index (χ4n) is 4.64. The van der Waals surface area contributed by atoms with Gasteiger partial charge in [-0.25, -0.2) is 9.67 Å². The highest BCUT2D eigenvalue weighted by atomic mass is 35.5. The highest BCUT2D eigenvalue weighted by Crippen LogP contribution is 2.34. The van der Waals surface area contributed by atoms with E-state index < -0.39 is 0 Å². The Kier molecular flexibility index (Phi) is 6.31. The summed E-state index contributed by atoms with van der Waals surface area (Å²) >= 11 is 0. The minimum atomic E-state index is -0.264. The molecule has 2 aromatic heterocycles. The number of methoxy groups -OCH3 is 1. The van der Waals surface area contributed by atoms with Crippen molar-refractivity contribution in [2.24, 2.45) is 0 Å². The molecule has 0 amide bonds. The molecule has 0 spiro atoms. The largest absolute Gasteiger partial charge is 0.495 e. The molecule has 0 radical (unpaired) electrons. The molecule has 2 unspecified atom stereocenters. The van der Waals surface area contributed by atoms with Crippen molar-refractivity contribution in [3.8, 4) is 5.75 Å². The van der Waals surface area contributed by atoms with E-state index in [9.17, 15) is 5.11 Å². The van der Waals surface area contributed by atoms with Gasteiger partial charge in [-0.15, -0.1) is 12.4 Å². The topological polar surface area (TPSA) is 88.3 Å². The van der Waals surface area contributed by atoms with Crippen LogP contribution in [0.2, 0.25) is 0 Å². The number of fused-ring (bicyclic) bond motifs is 2. The summed E-state index contributed by atoms with van der Waals surface area (Å²) in [6.07, 6.45) is 7.95. The first kappa shape index (κ1) is 21.8. The third-order valence-corrected chi connectivity index (χ3v) is 6.27. The van der Waals surface area contributed by atoms with Crippen LogP contribution in [0.15, 0.2) is 24.5 Å². The lowest BCUT2D eigenvalue weighted by molar-refractivity contribution is 0.101. The molecular weight excluding hydrogens is 416 g/mol. The van der Waals surface area contributed by atoms with Gasteiger partial charge in [0.25, 0.3) is 0 Å². The first-order valence-corrected chi connectivity index (χ1v) is 10.6. The molecule has 5 rings (SSSR count). The van der Waals surface area contributed by atoms with Crippen LogP contribution in [-0.2, 0) is 13.0 Å². The number of rotatable bonds is 4. The first-order valence-electron chi connectivity index (χ1n) is 10.6. The van der Waals surface area contributed by atoms with Gasteiger partial charge in [0.1, 0.15) is 5.75 Å². The van der Waals surface area contributed by atoms with Gasteiger partial charge in [0, 0.05) is 19.3 Å². The lowest BCUT2D eigenvalue weighted by Crippen LogP contribution is -2.26. The van der Waals surface area contributed by atoms with Crippen LogP contribution in [0.1, 0.15) is 42.9 Å². The summed E-state index contributed by atoms with van der Waals surface area (Å²) in [4.78, 5) is 11.6. The monoisotopic (exact) mass is 444 g/mol. The number of aliphatic hydroxyl groups is 1. The van der Waals surface area contributed by atoms with Crippen LogP contribution in [0.5, 0.6) is 5.75 Å². The second-order valence-corrected chi connectivity index (χ2v) is 8.47. The van der Waals surface area contributed by atoms with Gasteiger partial charge >= 0.3 is 0 Å². The molecule has 3 aromatic rings. The van der Waals surface area contributed by atoms with Gasteiger partial charge < -0.3 is 20.1 Å². The molecule has 1 aliphatic carbocycles. The predicted molar refractivity (Wildman–Crippen MR) is 122 cm³/mol. The van der Waals surface area contributed by atoms with Gasteiger partial charge in [-0.2, -0.15) is 10.1 Å². The number of hydrogen-bond donors (Lipinski definition) is 2. The van der Waals surface area contributed by atoms with Gasteiger partial charge in [0.2, 0.25) is 5.95 Å². The van der Waals surface area contributed by atoms with Gasteiger partial charge in [-0.05, 0) is 62.4 Å². The van der Waals surface area contributed by atoms with E-state index in [2.05, 4.69) is 39.5 Å². The van der Waals surface area contributed by atoms with Crippen molar-refractivity contribution in [1.82, 2.24) is 24.6 Å². The molecule has 2 N–H and O–H groups in total. The number of likely N-dealkylation sites (N-methyl/N-ethyl adjacent to an activating group) is 1. The molecule has 9 heteroatoms. The molecule has 1 aliphatic heterocycles. The van der Waals surface area contributed by atoms with Crippen molar-refractivity contribution >= 4 is 35.1 Å². The molecule has 1 aromatic carbocycles. The normalized spacial score (nSPS) is 21.4. The van der Waals surface area contributed by atoms with E-state index in [1.54, 1.807) is 19.5 Å². The maximum absolute atomic E-state index is 10.1. The van der Waals surface area contributed by atoms with Crippen molar-refractivity contribution in [3.63, 3.8) is 0 Å². The Hall–Kier alpha value is -2.42. The maximum atomic E-state index is 10.1. The van der Waals surface area contributed by atoms with Crippen molar-refractivity contribution in [1.29, 1.82) is 0 Å². The fraction of sp³-hybridized carbons (Fsp3) is 0.500. The number of nitrogens with one attached hydrogen (secondary N) is 1. The zero-order valence-electron chi connectivity index (χ0n) is 17.9. The summed E-state index contributed by atoms with van der Waals surface area (Å²) in [7, 11) is 3.83. The molecule has 1 saturated carbocycles. The fourth-order valence-corrected chi connectivity index (χ4v) is 4.64. The lowest BCUT2D eigenvalue weighted by Gasteiger charge is -2.26. The SMILES string of the molecule is COc1cc2c(cc1Nc1ncc3cnn(C4CCCC(O)C4)c3n1)CN(C)CC2.Cl. The van der Waals surface area contributed by atoms with E-state index in [-0.39, 0.29) is 24.6 Å². The molecular formula is C22H29ClN6O2. The predicted octanol–water partition coefficient (Wildman–Crippen LogP) is 3.46. The van der Waals surface area contributed by atoms with Crippen molar-refractivity contribution in [3.05, 3.63) is 35.7 Å². The summed E-state index contributed by atoms with van der Waals surface area (Å²) in [5.74, 6) is 1.31. The average Bonchev–Trinajstić information content (AvgIpc) is 3.16. The third kappa shape index (κ3) is 4.33. The zero-order valence-corrected chi connectivity index (χ0v) is 18.7. The second kappa shape index (κ2) is 8.98. The Labute approximate surface area is 188 Å². The third-order valence-electron chi connectivity index (χ3n) is 6.27.